The summed E-state index contributed by atoms with van der Waals surface area (Å²) in [7, 11) is 1.57. The summed E-state index contributed by atoms with van der Waals surface area (Å²) in [5.41, 5.74) is 6.56. The highest BCUT2D eigenvalue weighted by Crippen LogP contribution is 2.27. The third-order valence-corrected chi connectivity index (χ3v) is 2.21. The van der Waals surface area contributed by atoms with E-state index in [1.54, 1.807) is 13.2 Å². The van der Waals surface area contributed by atoms with Gasteiger partial charge in [-0.2, -0.15) is 5.26 Å². The van der Waals surface area contributed by atoms with Crippen molar-refractivity contribution in [2.75, 3.05) is 12.8 Å². The third-order valence-electron chi connectivity index (χ3n) is 2.21. The van der Waals surface area contributed by atoms with Gasteiger partial charge < -0.3 is 10.5 Å². The Morgan fingerprint density at radius 3 is 2.76 bits per heavy atom. The van der Waals surface area contributed by atoms with Gasteiger partial charge in [-0.25, -0.2) is 9.97 Å². The molecule has 0 amide bonds. The SMILES string of the molecule is COc1ccccc1-c1nc(N)cc(C#N)n1. The Balaban J connectivity index is 2.60. The van der Waals surface area contributed by atoms with Gasteiger partial charge in [-0.15, -0.1) is 0 Å². The van der Waals surface area contributed by atoms with E-state index >= 15 is 0 Å². The lowest BCUT2D eigenvalue weighted by atomic mass is 10.2. The van der Waals surface area contributed by atoms with Gasteiger partial charge in [0.2, 0.25) is 0 Å². The van der Waals surface area contributed by atoms with Crippen LogP contribution in [0.2, 0.25) is 0 Å². The lowest BCUT2D eigenvalue weighted by Crippen LogP contribution is -1.99. The molecule has 84 valence electrons. The van der Waals surface area contributed by atoms with Gasteiger partial charge in [0.15, 0.2) is 5.82 Å². The van der Waals surface area contributed by atoms with Crippen LogP contribution in [0, 0.1) is 11.3 Å². The van der Waals surface area contributed by atoms with E-state index in [2.05, 4.69) is 9.97 Å². The maximum atomic E-state index is 8.83. The number of ether oxygens (including phenoxy) is 1. The van der Waals surface area contributed by atoms with E-state index in [1.165, 1.54) is 6.07 Å². The van der Waals surface area contributed by atoms with Crippen LogP contribution in [0.25, 0.3) is 11.4 Å². The number of anilines is 1. The number of nitrogen functional groups attached to an aromatic ring is 1. The number of para-hydroxylation sites is 1. The first-order valence-corrected chi connectivity index (χ1v) is 4.92. The minimum absolute atomic E-state index is 0.235. The predicted molar refractivity (Wildman–Crippen MR) is 63.1 cm³/mol. The number of benzene rings is 1. The third kappa shape index (κ3) is 2.16. The van der Waals surface area contributed by atoms with Gasteiger partial charge in [-0.1, -0.05) is 12.1 Å². The summed E-state index contributed by atoms with van der Waals surface area (Å²) in [5.74, 6) is 1.29. The summed E-state index contributed by atoms with van der Waals surface area (Å²) in [5, 5.41) is 8.83. The summed E-state index contributed by atoms with van der Waals surface area (Å²) >= 11 is 0. The number of hydrogen-bond donors (Lipinski definition) is 1. The van der Waals surface area contributed by atoms with Crippen LogP contribution in [-0.2, 0) is 0 Å². The standard InChI is InChI=1S/C12H10N4O/c1-17-10-5-3-2-4-9(10)12-15-8(7-13)6-11(14)16-12/h2-6H,1H3,(H2,14,15,16). The number of hydrogen-bond acceptors (Lipinski definition) is 5. The number of nitriles is 1. The molecule has 2 rings (SSSR count). The number of aromatic nitrogens is 2. The Morgan fingerprint density at radius 1 is 1.29 bits per heavy atom. The Morgan fingerprint density at radius 2 is 2.06 bits per heavy atom. The minimum atomic E-state index is 0.235. The topological polar surface area (TPSA) is 84.8 Å². The van der Waals surface area contributed by atoms with Crippen LogP contribution in [0.4, 0.5) is 5.82 Å². The molecule has 0 radical (unpaired) electrons. The molecule has 0 bridgehead atoms. The average Bonchev–Trinajstić information content (AvgIpc) is 2.37. The summed E-state index contributed by atoms with van der Waals surface area (Å²) in [4.78, 5) is 8.19. The van der Waals surface area contributed by atoms with Crippen LogP contribution < -0.4 is 10.5 Å². The van der Waals surface area contributed by atoms with Gasteiger partial charge in [0.1, 0.15) is 23.3 Å². The highest BCUT2D eigenvalue weighted by molar-refractivity contribution is 5.65. The summed E-state index contributed by atoms with van der Waals surface area (Å²) in [6, 6.07) is 10.7. The Kier molecular flexibility index (Phi) is 2.88. The van der Waals surface area contributed by atoms with Crippen molar-refractivity contribution in [3.8, 4) is 23.2 Å². The van der Waals surface area contributed by atoms with Gasteiger partial charge in [-0.3, -0.25) is 0 Å². The molecule has 0 saturated carbocycles. The van der Waals surface area contributed by atoms with Gasteiger partial charge in [0.05, 0.1) is 12.7 Å². The van der Waals surface area contributed by atoms with Crippen LogP contribution in [0.15, 0.2) is 30.3 Å². The van der Waals surface area contributed by atoms with Crippen molar-refractivity contribution in [3.63, 3.8) is 0 Å². The lowest BCUT2D eigenvalue weighted by molar-refractivity contribution is 0.416. The second-order valence-electron chi connectivity index (χ2n) is 3.31. The quantitative estimate of drug-likeness (QED) is 0.840. The van der Waals surface area contributed by atoms with Crippen LogP contribution >= 0.6 is 0 Å². The highest BCUT2D eigenvalue weighted by atomic mass is 16.5. The average molecular weight is 226 g/mol. The first-order chi connectivity index (χ1) is 8.24. The maximum Gasteiger partial charge on any atom is 0.166 e. The number of nitrogens with zero attached hydrogens (tertiary/aromatic N) is 3. The first kappa shape index (κ1) is 10.9. The smallest absolute Gasteiger partial charge is 0.166 e. The molecule has 0 spiro atoms. The van der Waals surface area contributed by atoms with Crippen LogP contribution in [0.1, 0.15) is 5.69 Å². The van der Waals surface area contributed by atoms with E-state index in [-0.39, 0.29) is 11.5 Å². The normalized spacial score (nSPS) is 9.65. The molecule has 5 nitrogen and oxygen atoms in total. The molecule has 0 aliphatic heterocycles. The number of nitrogens with two attached hydrogens (primary N) is 1. The molecule has 0 fully saturated rings. The highest BCUT2D eigenvalue weighted by Gasteiger charge is 2.09. The lowest BCUT2D eigenvalue weighted by Gasteiger charge is -2.07. The molecule has 17 heavy (non-hydrogen) atoms. The monoisotopic (exact) mass is 226 g/mol. The number of methoxy groups -OCH3 is 1. The van der Waals surface area contributed by atoms with Crippen molar-refractivity contribution in [1.82, 2.24) is 9.97 Å². The molecular weight excluding hydrogens is 216 g/mol. The maximum absolute atomic E-state index is 8.83. The molecule has 0 saturated heterocycles. The van der Waals surface area contributed by atoms with E-state index in [1.807, 2.05) is 24.3 Å². The number of rotatable bonds is 2. The van der Waals surface area contributed by atoms with Gasteiger partial charge in [0.25, 0.3) is 0 Å². The summed E-state index contributed by atoms with van der Waals surface area (Å²) in [6.07, 6.45) is 0. The summed E-state index contributed by atoms with van der Waals surface area (Å²) < 4.78 is 5.21. The molecule has 1 heterocycles. The fraction of sp³-hybridized carbons (Fsp3) is 0.0833. The van der Waals surface area contributed by atoms with Crippen molar-refractivity contribution in [2.45, 2.75) is 0 Å². The fourth-order valence-corrected chi connectivity index (χ4v) is 1.47. The zero-order valence-corrected chi connectivity index (χ0v) is 9.21. The molecule has 2 aromatic rings. The second-order valence-corrected chi connectivity index (χ2v) is 3.31. The molecule has 2 N–H and O–H groups in total. The summed E-state index contributed by atoms with van der Waals surface area (Å²) in [6.45, 7) is 0. The zero-order chi connectivity index (χ0) is 12.3. The van der Waals surface area contributed by atoms with Crippen molar-refractivity contribution in [2.24, 2.45) is 0 Å². The fourth-order valence-electron chi connectivity index (χ4n) is 1.47. The van der Waals surface area contributed by atoms with Gasteiger partial charge in [-0.05, 0) is 12.1 Å². The first-order valence-electron chi connectivity index (χ1n) is 4.92. The Bertz CT molecular complexity index is 589. The van der Waals surface area contributed by atoms with Crippen molar-refractivity contribution < 1.29 is 4.74 Å². The van der Waals surface area contributed by atoms with E-state index in [0.29, 0.717) is 17.1 Å². The molecule has 0 aliphatic rings. The van der Waals surface area contributed by atoms with Crippen molar-refractivity contribution >= 4 is 5.82 Å². The molecule has 1 aromatic heterocycles. The van der Waals surface area contributed by atoms with Crippen molar-refractivity contribution in [3.05, 3.63) is 36.0 Å². The Labute approximate surface area is 98.5 Å². The molecule has 0 unspecified atom stereocenters. The predicted octanol–water partition coefficient (Wildman–Crippen LogP) is 1.61. The van der Waals surface area contributed by atoms with E-state index in [4.69, 9.17) is 15.7 Å². The molecule has 0 atom stereocenters. The zero-order valence-electron chi connectivity index (χ0n) is 9.21. The van der Waals surface area contributed by atoms with Gasteiger partial charge in [0, 0.05) is 6.07 Å². The molecular formula is C12H10N4O. The second kappa shape index (κ2) is 4.49. The van der Waals surface area contributed by atoms with E-state index < -0.39 is 0 Å². The Hall–Kier alpha value is -2.61. The van der Waals surface area contributed by atoms with Crippen LogP contribution in [0.5, 0.6) is 5.75 Å². The largest absolute Gasteiger partial charge is 0.496 e. The molecule has 0 aliphatic carbocycles. The minimum Gasteiger partial charge on any atom is -0.496 e. The molecule has 5 heteroatoms. The van der Waals surface area contributed by atoms with E-state index in [0.717, 1.165) is 0 Å². The van der Waals surface area contributed by atoms with Crippen LogP contribution in [0.3, 0.4) is 0 Å². The van der Waals surface area contributed by atoms with Gasteiger partial charge >= 0.3 is 0 Å². The van der Waals surface area contributed by atoms with Crippen LogP contribution in [-0.4, -0.2) is 17.1 Å². The van der Waals surface area contributed by atoms with E-state index in [9.17, 15) is 0 Å². The molecule has 1 aromatic carbocycles. The van der Waals surface area contributed by atoms with Crippen molar-refractivity contribution in [1.29, 1.82) is 5.26 Å².